The first-order valence-corrected chi connectivity index (χ1v) is 9.52. The molecule has 1 aliphatic heterocycles. The maximum absolute atomic E-state index is 11.9. The predicted molar refractivity (Wildman–Crippen MR) is 104 cm³/mol. The van der Waals surface area contributed by atoms with Crippen molar-refractivity contribution >= 4 is 11.7 Å². The van der Waals surface area contributed by atoms with Crippen LogP contribution in [0.2, 0.25) is 0 Å². The Morgan fingerprint density at radius 3 is 2.68 bits per heavy atom. The van der Waals surface area contributed by atoms with Gasteiger partial charge in [0.2, 0.25) is 5.91 Å². The molecule has 1 heterocycles. The fraction of sp³-hybridized carbons (Fsp3) is 0.600. The van der Waals surface area contributed by atoms with Crippen molar-refractivity contribution in [1.29, 1.82) is 0 Å². The van der Waals surface area contributed by atoms with Gasteiger partial charge in [0.1, 0.15) is 0 Å². The lowest BCUT2D eigenvalue weighted by Gasteiger charge is -2.12. The number of nitrogens with one attached hydrogen (secondary N) is 2. The number of nitrogens with two attached hydrogens (primary N) is 1. The topological polar surface area (TPSA) is 79.5 Å². The van der Waals surface area contributed by atoms with Crippen LogP contribution in [0.4, 0.5) is 0 Å². The van der Waals surface area contributed by atoms with Crippen LogP contribution in [0.25, 0.3) is 0 Å². The summed E-state index contributed by atoms with van der Waals surface area (Å²) in [4.78, 5) is 16.3. The Morgan fingerprint density at radius 2 is 2.00 bits per heavy atom. The number of rotatable bonds is 11. The zero-order valence-corrected chi connectivity index (χ0v) is 15.4. The summed E-state index contributed by atoms with van der Waals surface area (Å²) < 4.78 is 0. The van der Waals surface area contributed by atoms with Crippen molar-refractivity contribution in [2.75, 3.05) is 26.2 Å². The summed E-state index contributed by atoms with van der Waals surface area (Å²) in [6.45, 7) is 5.56. The molecule has 0 radical (unpaired) electrons. The second kappa shape index (κ2) is 10.9. The summed E-state index contributed by atoms with van der Waals surface area (Å²) in [5.74, 6) is 1.70. The maximum Gasteiger partial charge on any atom is 0.220 e. The molecule has 0 saturated heterocycles. The average Bonchev–Trinajstić information content (AvgIpc) is 3.16. The molecule has 138 valence electrons. The van der Waals surface area contributed by atoms with Crippen molar-refractivity contribution in [3.05, 3.63) is 35.4 Å². The molecule has 5 nitrogen and oxygen atoms in total. The average molecular weight is 345 g/mol. The fourth-order valence-electron chi connectivity index (χ4n) is 3.06. The van der Waals surface area contributed by atoms with Crippen LogP contribution < -0.4 is 16.4 Å². The molecule has 1 atom stereocenters. The van der Waals surface area contributed by atoms with Gasteiger partial charge in [0.05, 0.1) is 12.4 Å². The zero-order valence-electron chi connectivity index (χ0n) is 15.4. The van der Waals surface area contributed by atoms with Crippen molar-refractivity contribution in [1.82, 2.24) is 10.6 Å². The molecular weight excluding hydrogens is 312 g/mol. The summed E-state index contributed by atoms with van der Waals surface area (Å²) in [5.41, 5.74) is 7.99. The van der Waals surface area contributed by atoms with Crippen LogP contribution in [0.1, 0.15) is 43.7 Å². The number of unbranched alkanes of at least 4 members (excludes halogenated alkanes) is 2. The zero-order chi connectivity index (χ0) is 17.9. The molecule has 4 N–H and O–H groups in total. The molecule has 0 aromatic heterocycles. The van der Waals surface area contributed by atoms with Crippen LogP contribution in [0.15, 0.2) is 29.3 Å². The van der Waals surface area contributed by atoms with Gasteiger partial charge in [-0.3, -0.25) is 9.79 Å². The predicted octanol–water partition coefficient (Wildman–Crippen LogP) is 2.04. The molecule has 1 amide bonds. The lowest BCUT2D eigenvalue weighted by Crippen LogP contribution is -2.26. The minimum absolute atomic E-state index is 0.135. The molecule has 0 spiro atoms. The minimum Gasteiger partial charge on any atom is -0.372 e. The number of hydrogen-bond acceptors (Lipinski definition) is 4. The number of aryl methyl sites for hydroxylation is 1. The monoisotopic (exact) mass is 344 g/mol. The van der Waals surface area contributed by atoms with Crippen molar-refractivity contribution in [3.63, 3.8) is 0 Å². The van der Waals surface area contributed by atoms with Crippen LogP contribution in [0.5, 0.6) is 0 Å². The van der Waals surface area contributed by atoms with E-state index in [2.05, 4.69) is 46.8 Å². The summed E-state index contributed by atoms with van der Waals surface area (Å²) >= 11 is 0. The number of carbonyl (C=O) groups is 1. The lowest BCUT2D eigenvalue weighted by molar-refractivity contribution is -0.121. The summed E-state index contributed by atoms with van der Waals surface area (Å²) in [7, 11) is 0. The number of benzene rings is 1. The Balaban J connectivity index is 1.66. The highest BCUT2D eigenvalue weighted by Crippen LogP contribution is 2.13. The van der Waals surface area contributed by atoms with Crippen molar-refractivity contribution < 1.29 is 4.79 Å². The van der Waals surface area contributed by atoms with E-state index in [-0.39, 0.29) is 5.91 Å². The fourth-order valence-corrected chi connectivity index (χ4v) is 3.06. The summed E-state index contributed by atoms with van der Waals surface area (Å²) in [6, 6.07) is 8.62. The van der Waals surface area contributed by atoms with E-state index in [4.69, 9.17) is 5.73 Å². The van der Waals surface area contributed by atoms with Gasteiger partial charge in [0.15, 0.2) is 0 Å². The maximum atomic E-state index is 11.9. The molecule has 25 heavy (non-hydrogen) atoms. The van der Waals surface area contributed by atoms with Gasteiger partial charge >= 0.3 is 0 Å². The van der Waals surface area contributed by atoms with Crippen molar-refractivity contribution in [2.24, 2.45) is 16.6 Å². The molecule has 0 fully saturated rings. The molecular formula is C20H32N4O. The highest BCUT2D eigenvalue weighted by Gasteiger charge is 2.14. The number of amidine groups is 1. The Labute approximate surface area is 151 Å². The molecule has 1 aromatic rings. The van der Waals surface area contributed by atoms with E-state index in [1.165, 1.54) is 11.1 Å². The van der Waals surface area contributed by atoms with Gasteiger partial charge in [-0.25, -0.2) is 0 Å². The number of amides is 1. The first kappa shape index (κ1) is 19.4. The lowest BCUT2D eigenvalue weighted by atomic mass is 9.98. The van der Waals surface area contributed by atoms with E-state index in [0.29, 0.717) is 12.3 Å². The highest BCUT2D eigenvalue weighted by atomic mass is 16.1. The van der Waals surface area contributed by atoms with Gasteiger partial charge < -0.3 is 16.4 Å². The highest BCUT2D eigenvalue weighted by molar-refractivity contribution is 5.85. The van der Waals surface area contributed by atoms with E-state index in [1.807, 2.05) is 0 Å². The van der Waals surface area contributed by atoms with Crippen LogP contribution in [0.3, 0.4) is 0 Å². The Bertz CT molecular complexity index is 553. The normalized spacial score (nSPS) is 14.7. The minimum atomic E-state index is 0.135. The summed E-state index contributed by atoms with van der Waals surface area (Å²) in [5, 5.41) is 6.33. The number of carbonyl (C=O) groups excluding carboxylic acids is 1. The van der Waals surface area contributed by atoms with Gasteiger partial charge in [-0.1, -0.05) is 37.6 Å². The Morgan fingerprint density at radius 1 is 1.24 bits per heavy atom. The van der Waals surface area contributed by atoms with Gasteiger partial charge in [0.25, 0.3) is 0 Å². The second-order valence-electron chi connectivity index (χ2n) is 6.81. The van der Waals surface area contributed by atoms with E-state index in [9.17, 15) is 4.79 Å². The van der Waals surface area contributed by atoms with Gasteiger partial charge in [-0.2, -0.15) is 0 Å². The third kappa shape index (κ3) is 7.26. The van der Waals surface area contributed by atoms with Crippen LogP contribution in [0, 0.1) is 5.92 Å². The quantitative estimate of drug-likeness (QED) is 0.538. The van der Waals surface area contributed by atoms with E-state index >= 15 is 0 Å². The largest absolute Gasteiger partial charge is 0.372 e. The van der Waals surface area contributed by atoms with Gasteiger partial charge in [-0.15, -0.1) is 0 Å². The van der Waals surface area contributed by atoms with Crippen molar-refractivity contribution in [3.8, 4) is 0 Å². The molecule has 2 rings (SSSR count). The van der Waals surface area contributed by atoms with Crippen LogP contribution in [-0.4, -0.2) is 37.9 Å². The molecule has 1 aliphatic rings. The number of aliphatic imine (C=N–C) groups is 1. The molecule has 0 saturated carbocycles. The third-order valence-electron chi connectivity index (χ3n) is 4.58. The standard InChI is InChI=1S/C20H32N4O/c1-16(20-23-13-14-24-20)15-18-7-5-17(6-8-18)9-10-19(25)22-12-4-2-3-11-21/h5-8,16H,2-4,9-15,21H2,1H3,(H,22,25)(H,23,24)/t16-/m0/s1. The smallest absolute Gasteiger partial charge is 0.220 e. The van der Waals surface area contributed by atoms with Gasteiger partial charge in [-0.05, 0) is 43.4 Å². The summed E-state index contributed by atoms with van der Waals surface area (Å²) in [6.07, 6.45) is 5.46. The first-order chi connectivity index (χ1) is 12.2. The number of hydrogen-bond donors (Lipinski definition) is 3. The van der Waals surface area contributed by atoms with E-state index < -0.39 is 0 Å². The Kier molecular flexibility index (Phi) is 8.46. The van der Waals surface area contributed by atoms with E-state index in [0.717, 1.165) is 64.1 Å². The van der Waals surface area contributed by atoms with E-state index in [1.54, 1.807) is 0 Å². The molecule has 0 unspecified atom stereocenters. The second-order valence-corrected chi connectivity index (χ2v) is 6.81. The molecule has 0 aliphatic carbocycles. The van der Waals surface area contributed by atoms with Crippen molar-refractivity contribution in [2.45, 2.75) is 45.4 Å². The Hall–Kier alpha value is -1.88. The molecule has 1 aromatic carbocycles. The van der Waals surface area contributed by atoms with Crippen LogP contribution in [-0.2, 0) is 17.6 Å². The number of nitrogens with zero attached hydrogens (tertiary/aromatic N) is 1. The molecule has 5 heteroatoms. The first-order valence-electron chi connectivity index (χ1n) is 9.52. The van der Waals surface area contributed by atoms with Gasteiger partial charge in [0, 0.05) is 25.4 Å². The third-order valence-corrected chi connectivity index (χ3v) is 4.58. The molecule has 0 bridgehead atoms. The van der Waals surface area contributed by atoms with Crippen LogP contribution >= 0.6 is 0 Å². The SMILES string of the molecule is C[C@@H](Cc1ccc(CCC(=O)NCCCCCN)cc1)C1=NCCN1.